The van der Waals surface area contributed by atoms with Crippen molar-refractivity contribution in [1.29, 1.82) is 0 Å². The maximum absolute atomic E-state index is 12.0. The average Bonchev–Trinajstić information content (AvgIpc) is 2.23. The van der Waals surface area contributed by atoms with Gasteiger partial charge in [-0.2, -0.15) is 0 Å². The Labute approximate surface area is 130 Å². The van der Waals surface area contributed by atoms with Crippen molar-refractivity contribution in [3.8, 4) is 0 Å². The molecular formula is C15H21N3O2S. The average molecular weight is 307 g/mol. The number of pyridine rings is 1. The molecule has 0 atom stereocenters. The quantitative estimate of drug-likeness (QED) is 0.810. The van der Waals surface area contributed by atoms with Crippen LogP contribution in [0.15, 0.2) is 23.2 Å². The third kappa shape index (κ3) is 2.69. The zero-order valence-electron chi connectivity index (χ0n) is 12.7. The Morgan fingerprint density at radius 2 is 2.10 bits per heavy atom. The van der Waals surface area contributed by atoms with Crippen molar-refractivity contribution in [2.75, 3.05) is 24.5 Å². The highest BCUT2D eigenvalue weighted by Gasteiger charge is 2.56. The van der Waals surface area contributed by atoms with Crippen LogP contribution in [0.4, 0.5) is 10.6 Å². The second-order valence-corrected chi connectivity index (χ2v) is 7.27. The standard InChI is InChI=1S/C15H21N3O2S/c1-14(2,3)20-13(19)17-9-15(10-17)7-8-18(15)11-5-4-6-12(21)16-11/h4-6H,7-10H2,1-3H3,(H,16,21). The van der Waals surface area contributed by atoms with Gasteiger partial charge in [-0.3, -0.25) is 0 Å². The summed E-state index contributed by atoms with van der Waals surface area (Å²) >= 11 is 4.29. The number of likely N-dealkylation sites (tertiary alicyclic amines) is 1. The summed E-state index contributed by atoms with van der Waals surface area (Å²) in [4.78, 5) is 20.5. The molecule has 2 fully saturated rings. The Morgan fingerprint density at radius 1 is 1.38 bits per heavy atom. The third-order valence-electron chi connectivity index (χ3n) is 3.99. The van der Waals surface area contributed by atoms with Gasteiger partial charge in [-0.25, -0.2) is 9.78 Å². The number of rotatable bonds is 1. The Kier molecular flexibility index (Phi) is 3.31. The van der Waals surface area contributed by atoms with Crippen LogP contribution in [0.3, 0.4) is 0 Å². The number of hydrogen-bond acceptors (Lipinski definition) is 5. The van der Waals surface area contributed by atoms with E-state index in [9.17, 15) is 4.79 Å². The Hall–Kier alpha value is -1.43. The van der Waals surface area contributed by atoms with Crippen LogP contribution in [0.1, 0.15) is 27.2 Å². The lowest BCUT2D eigenvalue weighted by molar-refractivity contribution is -0.0223. The van der Waals surface area contributed by atoms with Gasteiger partial charge in [0.05, 0.1) is 10.6 Å². The van der Waals surface area contributed by atoms with Gasteiger partial charge in [0, 0.05) is 19.6 Å². The van der Waals surface area contributed by atoms with Gasteiger partial charge in [-0.15, -0.1) is 12.6 Å². The number of anilines is 1. The fourth-order valence-corrected chi connectivity index (χ4v) is 3.10. The smallest absolute Gasteiger partial charge is 0.410 e. The first-order chi connectivity index (χ1) is 9.79. The van der Waals surface area contributed by atoms with Gasteiger partial charge < -0.3 is 14.5 Å². The third-order valence-corrected chi connectivity index (χ3v) is 4.24. The number of nitrogens with zero attached hydrogens (tertiary/aromatic N) is 3. The van der Waals surface area contributed by atoms with E-state index in [0.29, 0.717) is 13.1 Å². The van der Waals surface area contributed by atoms with Crippen molar-refractivity contribution >= 4 is 24.5 Å². The molecule has 1 amide bonds. The fraction of sp³-hybridized carbons (Fsp3) is 0.600. The molecule has 0 N–H and O–H groups in total. The Balaban J connectivity index is 1.63. The van der Waals surface area contributed by atoms with Crippen LogP contribution < -0.4 is 4.90 Å². The van der Waals surface area contributed by atoms with E-state index in [1.54, 1.807) is 4.90 Å². The number of carbonyl (C=O) groups excluding carboxylic acids is 1. The number of amides is 1. The van der Waals surface area contributed by atoms with Gasteiger partial charge in [0.2, 0.25) is 0 Å². The number of ether oxygens (including phenoxy) is 1. The molecule has 1 aromatic rings. The lowest BCUT2D eigenvalue weighted by atomic mass is 9.77. The zero-order valence-corrected chi connectivity index (χ0v) is 13.6. The second-order valence-electron chi connectivity index (χ2n) is 6.82. The van der Waals surface area contributed by atoms with Crippen molar-refractivity contribution in [1.82, 2.24) is 9.88 Å². The van der Waals surface area contributed by atoms with E-state index in [1.807, 2.05) is 39.0 Å². The molecule has 3 heterocycles. The van der Waals surface area contributed by atoms with Gasteiger partial charge in [-0.05, 0) is 39.3 Å². The summed E-state index contributed by atoms with van der Waals surface area (Å²) in [5.41, 5.74) is -0.396. The van der Waals surface area contributed by atoms with Crippen LogP contribution in [0.2, 0.25) is 0 Å². The van der Waals surface area contributed by atoms with Gasteiger partial charge in [-0.1, -0.05) is 6.07 Å². The van der Waals surface area contributed by atoms with Crippen LogP contribution in [0.5, 0.6) is 0 Å². The van der Waals surface area contributed by atoms with Gasteiger partial charge in [0.25, 0.3) is 0 Å². The summed E-state index contributed by atoms with van der Waals surface area (Å²) in [6.07, 6.45) is 0.862. The molecule has 0 saturated carbocycles. The van der Waals surface area contributed by atoms with E-state index in [-0.39, 0.29) is 11.6 Å². The molecule has 1 spiro atoms. The molecule has 6 heteroatoms. The molecule has 0 unspecified atom stereocenters. The monoisotopic (exact) mass is 307 g/mol. The minimum absolute atomic E-state index is 0.0471. The summed E-state index contributed by atoms with van der Waals surface area (Å²) < 4.78 is 5.40. The molecule has 0 aromatic carbocycles. The molecule has 2 aliphatic heterocycles. The summed E-state index contributed by atoms with van der Waals surface area (Å²) in [6.45, 7) is 8.06. The molecule has 2 aliphatic rings. The first-order valence-electron chi connectivity index (χ1n) is 7.21. The first-order valence-corrected chi connectivity index (χ1v) is 7.65. The molecule has 5 nitrogen and oxygen atoms in total. The van der Waals surface area contributed by atoms with E-state index in [2.05, 4.69) is 22.5 Å². The van der Waals surface area contributed by atoms with Crippen LogP contribution in [0.25, 0.3) is 0 Å². The summed E-state index contributed by atoms with van der Waals surface area (Å²) in [6, 6.07) is 5.82. The van der Waals surface area contributed by atoms with Gasteiger partial charge in [0.1, 0.15) is 11.4 Å². The first kappa shape index (κ1) is 14.5. The maximum atomic E-state index is 12.0. The highest BCUT2D eigenvalue weighted by Crippen LogP contribution is 2.42. The second kappa shape index (κ2) is 4.80. The predicted molar refractivity (Wildman–Crippen MR) is 84.0 cm³/mol. The lowest BCUT2D eigenvalue weighted by Crippen LogP contribution is -2.78. The van der Waals surface area contributed by atoms with Crippen molar-refractivity contribution in [2.24, 2.45) is 0 Å². The van der Waals surface area contributed by atoms with Crippen molar-refractivity contribution in [3.63, 3.8) is 0 Å². The van der Waals surface area contributed by atoms with E-state index in [1.165, 1.54) is 0 Å². The molecule has 2 saturated heterocycles. The number of aromatic nitrogens is 1. The number of hydrogen-bond donors (Lipinski definition) is 1. The van der Waals surface area contributed by atoms with Crippen LogP contribution in [-0.4, -0.2) is 46.8 Å². The van der Waals surface area contributed by atoms with Crippen molar-refractivity contribution < 1.29 is 9.53 Å². The Bertz CT molecular complexity index is 564. The van der Waals surface area contributed by atoms with Crippen LogP contribution in [-0.2, 0) is 4.74 Å². The highest BCUT2D eigenvalue weighted by molar-refractivity contribution is 7.80. The van der Waals surface area contributed by atoms with Crippen molar-refractivity contribution in [3.05, 3.63) is 18.2 Å². The van der Waals surface area contributed by atoms with Crippen molar-refractivity contribution in [2.45, 2.75) is 43.4 Å². The van der Waals surface area contributed by atoms with E-state index < -0.39 is 5.60 Å². The molecule has 114 valence electrons. The molecule has 3 rings (SSSR count). The molecule has 0 bridgehead atoms. The molecule has 0 aliphatic carbocycles. The highest BCUT2D eigenvalue weighted by atomic mass is 32.1. The fourth-order valence-electron chi connectivity index (χ4n) is 2.91. The molecule has 21 heavy (non-hydrogen) atoms. The van der Waals surface area contributed by atoms with Crippen LogP contribution in [0, 0.1) is 0 Å². The minimum atomic E-state index is -0.443. The molecule has 1 aromatic heterocycles. The maximum Gasteiger partial charge on any atom is 0.410 e. The Morgan fingerprint density at radius 3 is 2.62 bits per heavy atom. The summed E-state index contributed by atoms with van der Waals surface area (Å²) in [5, 5.41) is 0.720. The molecule has 0 radical (unpaired) electrons. The summed E-state index contributed by atoms with van der Waals surface area (Å²) in [5.74, 6) is 0.942. The van der Waals surface area contributed by atoms with E-state index in [4.69, 9.17) is 4.74 Å². The van der Waals surface area contributed by atoms with E-state index >= 15 is 0 Å². The molecular weight excluding hydrogens is 286 g/mol. The van der Waals surface area contributed by atoms with E-state index in [0.717, 1.165) is 23.8 Å². The van der Waals surface area contributed by atoms with Gasteiger partial charge >= 0.3 is 6.09 Å². The lowest BCUT2D eigenvalue weighted by Gasteiger charge is -2.62. The predicted octanol–water partition coefficient (Wildman–Crippen LogP) is 2.57. The summed E-state index contributed by atoms with van der Waals surface area (Å²) in [7, 11) is 0. The number of carbonyl (C=O) groups is 1. The van der Waals surface area contributed by atoms with Crippen LogP contribution >= 0.6 is 12.6 Å². The van der Waals surface area contributed by atoms with Gasteiger partial charge in [0.15, 0.2) is 0 Å². The minimum Gasteiger partial charge on any atom is -0.444 e. The zero-order chi connectivity index (χ0) is 15.3. The topological polar surface area (TPSA) is 45.7 Å². The number of thiol groups is 1. The largest absolute Gasteiger partial charge is 0.444 e. The normalized spacial score (nSPS) is 20.0. The SMILES string of the molecule is CC(C)(C)OC(=O)N1CC2(CCN2c2cccc(S)n2)C1.